The van der Waals surface area contributed by atoms with Crippen LogP contribution in [0, 0.1) is 0 Å². The molecule has 2 aromatic carbocycles. The lowest BCUT2D eigenvalue weighted by atomic mass is 9.98. The van der Waals surface area contributed by atoms with E-state index >= 15 is 0 Å². The number of carboxylic acids is 1. The number of nitrogens with zero attached hydrogens (tertiary/aromatic N) is 1. The standard InChI is InChI=1S/C27H30N2O5S/c1-3-14-29(15-4-2)25(30)18-35-16-13-24(26(31)32)28-27(33)34-17-23-21-11-7-5-9-19(21)20-10-6-8-12-22(20)23/h3-12,23-24H,1-2,13-18H2,(H,28,33)(H,31,32). The zero-order chi connectivity index (χ0) is 25.2. The fraction of sp³-hybridized carbons (Fsp3) is 0.296. The van der Waals surface area contributed by atoms with Gasteiger partial charge in [-0.25, -0.2) is 9.59 Å². The molecule has 1 aliphatic carbocycles. The van der Waals surface area contributed by atoms with Crippen molar-refractivity contribution >= 4 is 29.7 Å². The van der Waals surface area contributed by atoms with Crippen molar-refractivity contribution in [3.63, 3.8) is 0 Å². The molecule has 1 aliphatic rings. The van der Waals surface area contributed by atoms with Gasteiger partial charge in [-0.2, -0.15) is 11.8 Å². The molecule has 0 heterocycles. The van der Waals surface area contributed by atoms with Crippen LogP contribution in [0.1, 0.15) is 23.5 Å². The zero-order valence-electron chi connectivity index (χ0n) is 19.5. The number of hydrogen-bond donors (Lipinski definition) is 2. The largest absolute Gasteiger partial charge is 0.480 e. The van der Waals surface area contributed by atoms with Crippen LogP contribution in [0.5, 0.6) is 0 Å². The zero-order valence-corrected chi connectivity index (χ0v) is 20.3. The first-order chi connectivity index (χ1) is 17.0. The number of amides is 2. The minimum Gasteiger partial charge on any atom is -0.480 e. The molecular weight excluding hydrogens is 464 g/mol. The van der Waals surface area contributed by atoms with Crippen molar-refractivity contribution in [1.29, 1.82) is 0 Å². The summed E-state index contributed by atoms with van der Waals surface area (Å²) in [6.45, 7) is 8.24. The summed E-state index contributed by atoms with van der Waals surface area (Å²) in [5.41, 5.74) is 4.40. The summed E-state index contributed by atoms with van der Waals surface area (Å²) in [6.07, 6.45) is 2.68. The van der Waals surface area contributed by atoms with Gasteiger partial charge in [-0.3, -0.25) is 4.79 Å². The summed E-state index contributed by atoms with van der Waals surface area (Å²) >= 11 is 1.32. The Kier molecular flexibility index (Phi) is 9.55. The first kappa shape index (κ1) is 26.1. The topological polar surface area (TPSA) is 95.9 Å². The van der Waals surface area contributed by atoms with Gasteiger partial charge < -0.3 is 20.1 Å². The van der Waals surface area contributed by atoms with E-state index in [1.54, 1.807) is 17.1 Å². The monoisotopic (exact) mass is 494 g/mol. The van der Waals surface area contributed by atoms with Gasteiger partial charge in [-0.15, -0.1) is 13.2 Å². The summed E-state index contributed by atoms with van der Waals surface area (Å²) in [7, 11) is 0. The van der Waals surface area contributed by atoms with E-state index in [9.17, 15) is 19.5 Å². The Morgan fingerprint density at radius 1 is 1.03 bits per heavy atom. The summed E-state index contributed by atoms with van der Waals surface area (Å²) in [5.74, 6) is -0.731. The highest BCUT2D eigenvalue weighted by molar-refractivity contribution is 7.99. The van der Waals surface area contributed by atoms with Gasteiger partial charge in [0.1, 0.15) is 12.6 Å². The Balaban J connectivity index is 1.49. The SMILES string of the molecule is C=CCN(CC=C)C(=O)CSCCC(NC(=O)OCC1c2ccccc2-c2ccccc21)C(=O)O. The van der Waals surface area contributed by atoms with Gasteiger partial charge in [0.05, 0.1) is 5.75 Å². The molecule has 2 N–H and O–H groups in total. The molecule has 184 valence electrons. The molecule has 0 radical (unpaired) electrons. The van der Waals surface area contributed by atoms with Gasteiger partial charge in [0.2, 0.25) is 5.91 Å². The molecule has 0 saturated carbocycles. The van der Waals surface area contributed by atoms with Gasteiger partial charge >= 0.3 is 12.1 Å². The van der Waals surface area contributed by atoms with Crippen molar-refractivity contribution < 1.29 is 24.2 Å². The van der Waals surface area contributed by atoms with Gasteiger partial charge in [-0.05, 0) is 34.4 Å². The molecule has 7 nitrogen and oxygen atoms in total. The van der Waals surface area contributed by atoms with Crippen molar-refractivity contribution in [3.05, 3.63) is 85.0 Å². The summed E-state index contributed by atoms with van der Waals surface area (Å²) in [5, 5.41) is 12.0. The molecule has 0 aliphatic heterocycles. The van der Waals surface area contributed by atoms with E-state index in [0.29, 0.717) is 18.8 Å². The van der Waals surface area contributed by atoms with Crippen molar-refractivity contribution in [2.24, 2.45) is 0 Å². The Morgan fingerprint density at radius 3 is 2.14 bits per heavy atom. The maximum Gasteiger partial charge on any atom is 0.407 e. The lowest BCUT2D eigenvalue weighted by Crippen LogP contribution is -2.42. The molecule has 2 amide bonds. The number of nitrogens with one attached hydrogen (secondary N) is 1. The van der Waals surface area contributed by atoms with E-state index in [1.165, 1.54) is 11.8 Å². The Labute approximate surface area is 209 Å². The van der Waals surface area contributed by atoms with Crippen LogP contribution in [0.2, 0.25) is 0 Å². The minimum atomic E-state index is -1.15. The minimum absolute atomic E-state index is 0.0776. The lowest BCUT2D eigenvalue weighted by Gasteiger charge is -2.19. The van der Waals surface area contributed by atoms with E-state index in [2.05, 4.69) is 18.5 Å². The predicted molar refractivity (Wildman–Crippen MR) is 139 cm³/mol. The number of carbonyl (C=O) groups is 3. The van der Waals surface area contributed by atoms with Crippen molar-refractivity contribution in [1.82, 2.24) is 10.2 Å². The lowest BCUT2D eigenvalue weighted by molar-refractivity contribution is -0.139. The van der Waals surface area contributed by atoms with Crippen LogP contribution in [0.15, 0.2) is 73.8 Å². The van der Waals surface area contributed by atoms with Crippen LogP contribution in [-0.2, 0) is 14.3 Å². The van der Waals surface area contributed by atoms with Crippen LogP contribution in [0.25, 0.3) is 11.1 Å². The molecule has 0 spiro atoms. The van der Waals surface area contributed by atoms with Gasteiger partial charge in [-0.1, -0.05) is 60.7 Å². The highest BCUT2D eigenvalue weighted by atomic mass is 32.2. The van der Waals surface area contributed by atoms with Crippen molar-refractivity contribution in [3.8, 4) is 11.1 Å². The third-order valence-corrected chi connectivity index (χ3v) is 6.74. The third kappa shape index (κ3) is 6.76. The van der Waals surface area contributed by atoms with E-state index in [4.69, 9.17) is 4.74 Å². The molecule has 2 aromatic rings. The number of ether oxygens (including phenoxy) is 1. The number of alkyl carbamates (subject to hydrolysis) is 1. The van der Waals surface area contributed by atoms with Crippen LogP contribution < -0.4 is 5.32 Å². The number of fused-ring (bicyclic) bond motifs is 3. The quantitative estimate of drug-likeness (QED) is 0.318. The van der Waals surface area contributed by atoms with Crippen LogP contribution >= 0.6 is 11.8 Å². The molecule has 0 aromatic heterocycles. The van der Waals surface area contributed by atoms with Crippen molar-refractivity contribution in [2.45, 2.75) is 18.4 Å². The molecule has 0 fully saturated rings. The second kappa shape index (κ2) is 12.8. The van der Waals surface area contributed by atoms with E-state index in [1.807, 2.05) is 48.5 Å². The normalized spacial score (nSPS) is 12.7. The fourth-order valence-electron chi connectivity index (χ4n) is 4.08. The summed E-state index contributed by atoms with van der Waals surface area (Å²) in [6, 6.07) is 14.9. The number of aliphatic carboxylic acids is 1. The number of carbonyl (C=O) groups excluding carboxylic acids is 2. The average Bonchev–Trinajstić information content (AvgIpc) is 3.18. The van der Waals surface area contributed by atoms with Crippen LogP contribution in [0.3, 0.4) is 0 Å². The van der Waals surface area contributed by atoms with Gasteiger partial charge in [0, 0.05) is 19.0 Å². The molecule has 1 unspecified atom stereocenters. The number of hydrogen-bond acceptors (Lipinski definition) is 5. The first-order valence-corrected chi connectivity index (χ1v) is 12.5. The Hall–Kier alpha value is -3.52. The Bertz CT molecular complexity index is 1030. The fourth-order valence-corrected chi connectivity index (χ4v) is 4.99. The predicted octanol–water partition coefficient (Wildman–Crippen LogP) is 4.30. The van der Waals surface area contributed by atoms with E-state index < -0.39 is 18.1 Å². The van der Waals surface area contributed by atoms with Gasteiger partial charge in [0.15, 0.2) is 0 Å². The van der Waals surface area contributed by atoms with Crippen LogP contribution in [-0.4, -0.2) is 65.2 Å². The van der Waals surface area contributed by atoms with Gasteiger partial charge in [0.25, 0.3) is 0 Å². The number of benzene rings is 2. The van der Waals surface area contributed by atoms with E-state index in [-0.39, 0.29) is 30.6 Å². The molecular formula is C27H30N2O5S. The number of thioether (sulfide) groups is 1. The smallest absolute Gasteiger partial charge is 0.407 e. The molecule has 35 heavy (non-hydrogen) atoms. The molecule has 0 saturated heterocycles. The van der Waals surface area contributed by atoms with Crippen LogP contribution in [0.4, 0.5) is 4.79 Å². The maximum absolute atomic E-state index is 12.4. The molecule has 3 rings (SSSR count). The highest BCUT2D eigenvalue weighted by Crippen LogP contribution is 2.44. The van der Waals surface area contributed by atoms with E-state index in [0.717, 1.165) is 22.3 Å². The van der Waals surface area contributed by atoms with Crippen molar-refractivity contribution in [2.75, 3.05) is 31.2 Å². The first-order valence-electron chi connectivity index (χ1n) is 11.4. The molecule has 8 heteroatoms. The molecule has 1 atom stereocenters. The maximum atomic E-state index is 12.4. The number of carboxylic acid groups (broad SMARTS) is 1. The summed E-state index contributed by atoms with van der Waals surface area (Å²) in [4.78, 5) is 38.0. The summed E-state index contributed by atoms with van der Waals surface area (Å²) < 4.78 is 5.45. The second-order valence-electron chi connectivity index (χ2n) is 8.08. The third-order valence-electron chi connectivity index (χ3n) is 5.76. The number of rotatable bonds is 13. The second-order valence-corrected chi connectivity index (χ2v) is 9.18. The highest BCUT2D eigenvalue weighted by Gasteiger charge is 2.29. The Morgan fingerprint density at radius 2 is 1.60 bits per heavy atom. The molecule has 0 bridgehead atoms. The average molecular weight is 495 g/mol.